The molecule has 1 fully saturated rings. The molecule has 0 amide bonds. The van der Waals surface area contributed by atoms with Crippen molar-refractivity contribution in [3.63, 3.8) is 0 Å². The van der Waals surface area contributed by atoms with Crippen LogP contribution in [-0.4, -0.2) is 50.4 Å². The Hall–Kier alpha value is -3.02. The first-order chi connectivity index (χ1) is 16.8. The molecule has 2 aromatic carbocycles. The second-order valence-electron chi connectivity index (χ2n) is 8.45. The molecule has 0 atom stereocenters. The molecule has 0 aliphatic carbocycles. The van der Waals surface area contributed by atoms with Crippen molar-refractivity contribution in [2.24, 2.45) is 0 Å². The van der Waals surface area contributed by atoms with Gasteiger partial charge in [0.15, 0.2) is 14.7 Å². The second kappa shape index (κ2) is 10.5. The fraction of sp³-hybridized carbons (Fsp3) is 0.333. The fourth-order valence-corrected chi connectivity index (χ4v) is 5.81. The van der Waals surface area contributed by atoms with Crippen LogP contribution in [0.15, 0.2) is 41.3 Å². The predicted molar refractivity (Wildman–Crippen MR) is 134 cm³/mol. The lowest BCUT2D eigenvalue weighted by atomic mass is 10.2. The molecule has 0 radical (unpaired) electrons. The first-order valence-corrected chi connectivity index (χ1v) is 12.9. The molecule has 0 spiro atoms. The normalized spacial score (nSPS) is 16.6. The Morgan fingerprint density at radius 1 is 1.08 bits per heavy atom. The van der Waals surface area contributed by atoms with E-state index in [1.54, 1.807) is 19.1 Å². The highest BCUT2D eigenvalue weighted by atomic mass is 35.5. The van der Waals surface area contributed by atoms with Gasteiger partial charge in [0, 0.05) is 18.8 Å². The molecule has 8 nitrogen and oxygen atoms in total. The molecule has 2 aliphatic rings. The molecule has 5 rings (SSSR count). The monoisotopic (exact) mass is 538 g/mol. The molecule has 2 aliphatic heterocycles. The molecule has 3 aromatic rings. The average molecular weight is 539 g/mol. The van der Waals surface area contributed by atoms with E-state index in [9.17, 15) is 17.2 Å². The molecule has 0 saturated carbocycles. The van der Waals surface area contributed by atoms with Gasteiger partial charge in [-0.05, 0) is 61.7 Å². The van der Waals surface area contributed by atoms with Crippen LogP contribution in [0.3, 0.4) is 0 Å². The first kappa shape index (κ1) is 26.1. The Kier molecular flexibility index (Phi) is 7.62. The molecule has 0 bridgehead atoms. The Labute approximate surface area is 214 Å². The van der Waals surface area contributed by atoms with E-state index in [1.807, 2.05) is 4.90 Å². The van der Waals surface area contributed by atoms with Gasteiger partial charge in [-0.1, -0.05) is 0 Å². The molecule has 0 unspecified atom stereocenters. The minimum atomic E-state index is -3.66. The summed E-state index contributed by atoms with van der Waals surface area (Å²) < 4.78 is 65.2. The third-order valence-electron chi connectivity index (χ3n) is 5.94. The van der Waals surface area contributed by atoms with Crippen molar-refractivity contribution >= 4 is 39.6 Å². The highest BCUT2D eigenvalue weighted by Gasteiger charge is 2.32. The van der Waals surface area contributed by atoms with Crippen LogP contribution in [0.4, 0.5) is 26.1 Å². The molecule has 192 valence electrons. The van der Waals surface area contributed by atoms with Gasteiger partial charge >= 0.3 is 0 Å². The van der Waals surface area contributed by atoms with E-state index in [0.29, 0.717) is 61.8 Å². The number of ether oxygens (including phenoxy) is 2. The quantitative estimate of drug-likeness (QED) is 0.504. The number of rotatable bonds is 5. The number of benzene rings is 2. The van der Waals surface area contributed by atoms with Crippen molar-refractivity contribution in [1.82, 2.24) is 9.97 Å². The highest BCUT2D eigenvalue weighted by Crippen LogP contribution is 2.36. The van der Waals surface area contributed by atoms with Gasteiger partial charge in [0.1, 0.15) is 17.4 Å². The van der Waals surface area contributed by atoms with Gasteiger partial charge < -0.3 is 19.7 Å². The van der Waals surface area contributed by atoms with Gasteiger partial charge in [0.05, 0.1) is 30.3 Å². The van der Waals surface area contributed by atoms with E-state index < -0.39 is 21.5 Å². The van der Waals surface area contributed by atoms with Crippen LogP contribution < -0.4 is 15.0 Å². The maximum absolute atomic E-state index is 14.9. The topological polar surface area (TPSA) is 93.7 Å². The molecule has 1 saturated heterocycles. The largest absolute Gasteiger partial charge is 0.437 e. The zero-order valence-electron chi connectivity index (χ0n) is 19.5. The Balaban J connectivity index is 0.00000304. The molecule has 36 heavy (non-hydrogen) atoms. The number of nitrogens with one attached hydrogen (secondary N) is 1. The number of hydrogen-bond donors (Lipinski definition) is 1. The minimum Gasteiger partial charge on any atom is -0.437 e. The third kappa shape index (κ3) is 5.37. The number of nitrogens with zero attached hydrogens (tertiary/aromatic N) is 3. The maximum atomic E-state index is 14.9. The summed E-state index contributed by atoms with van der Waals surface area (Å²) in [5.41, 5.74) is 1.70. The zero-order chi connectivity index (χ0) is 24.6. The van der Waals surface area contributed by atoms with Crippen molar-refractivity contribution in [3.8, 4) is 11.6 Å². The molecular formula is C24H25ClF2N4O4S. The van der Waals surface area contributed by atoms with Crippen LogP contribution in [0.5, 0.6) is 11.6 Å². The lowest BCUT2D eigenvalue weighted by molar-refractivity contribution is 0.122. The Morgan fingerprint density at radius 2 is 1.86 bits per heavy atom. The number of hydrogen-bond acceptors (Lipinski definition) is 8. The second-order valence-corrected chi connectivity index (χ2v) is 10.5. The summed E-state index contributed by atoms with van der Waals surface area (Å²) in [6, 6.07) is 8.65. The van der Waals surface area contributed by atoms with Crippen LogP contribution >= 0.6 is 12.4 Å². The molecular weight excluding hydrogens is 514 g/mol. The lowest BCUT2D eigenvalue weighted by Crippen LogP contribution is -2.36. The van der Waals surface area contributed by atoms with E-state index in [2.05, 4.69) is 15.3 Å². The minimum absolute atomic E-state index is 0. The van der Waals surface area contributed by atoms with Crippen molar-refractivity contribution in [1.29, 1.82) is 0 Å². The summed E-state index contributed by atoms with van der Waals surface area (Å²) in [6.07, 6.45) is 0.846. The van der Waals surface area contributed by atoms with Gasteiger partial charge in [0.2, 0.25) is 11.8 Å². The van der Waals surface area contributed by atoms with Crippen molar-refractivity contribution in [3.05, 3.63) is 59.3 Å². The van der Waals surface area contributed by atoms with Crippen molar-refractivity contribution in [2.45, 2.75) is 24.7 Å². The van der Waals surface area contributed by atoms with E-state index >= 15 is 0 Å². The maximum Gasteiger partial charge on any atom is 0.243 e. The zero-order valence-corrected chi connectivity index (χ0v) is 21.1. The van der Waals surface area contributed by atoms with Crippen LogP contribution in [0.2, 0.25) is 0 Å². The molecule has 1 N–H and O–H groups in total. The number of sulfone groups is 1. The summed E-state index contributed by atoms with van der Waals surface area (Å²) in [6.45, 7) is 3.95. The van der Waals surface area contributed by atoms with E-state index in [0.717, 1.165) is 0 Å². The summed E-state index contributed by atoms with van der Waals surface area (Å²) >= 11 is 0. The first-order valence-electron chi connectivity index (χ1n) is 11.3. The highest BCUT2D eigenvalue weighted by molar-refractivity contribution is 7.91. The molecule has 12 heteroatoms. The Bertz CT molecular complexity index is 1380. The van der Waals surface area contributed by atoms with Crippen LogP contribution in [0, 0.1) is 18.6 Å². The van der Waals surface area contributed by atoms with Crippen LogP contribution in [-0.2, 0) is 21.0 Å². The Morgan fingerprint density at radius 3 is 2.58 bits per heavy atom. The van der Waals surface area contributed by atoms with Crippen molar-refractivity contribution < 1.29 is 26.7 Å². The van der Waals surface area contributed by atoms with Crippen molar-refractivity contribution in [2.75, 3.05) is 42.3 Å². The van der Waals surface area contributed by atoms with E-state index in [1.165, 1.54) is 24.3 Å². The standard InChI is InChI=1S/C24H24F2N4O4S.ClH/c1-15-13-16(25)4-7-21(15)34-23-22-19(3-2-12-35(22,31)32)28-24(29-23)27-17-5-6-20(18(26)14-17)30-8-10-33-11-9-30;/h4-7,13-14H,2-3,8-12H2,1H3,(H,27,28,29);1H. The van der Waals surface area contributed by atoms with Crippen LogP contribution in [0.1, 0.15) is 17.7 Å². The summed E-state index contributed by atoms with van der Waals surface area (Å²) in [4.78, 5) is 10.6. The summed E-state index contributed by atoms with van der Waals surface area (Å²) in [5.74, 6) is -0.664. The summed E-state index contributed by atoms with van der Waals surface area (Å²) in [5, 5.41) is 2.96. The van der Waals surface area contributed by atoms with E-state index in [4.69, 9.17) is 9.47 Å². The van der Waals surface area contributed by atoms with Gasteiger partial charge in [0.25, 0.3) is 0 Å². The summed E-state index contributed by atoms with van der Waals surface area (Å²) in [7, 11) is -3.66. The number of anilines is 3. The molecule has 1 aromatic heterocycles. The fourth-order valence-electron chi connectivity index (χ4n) is 4.22. The van der Waals surface area contributed by atoms with Gasteiger partial charge in [-0.2, -0.15) is 4.98 Å². The predicted octanol–water partition coefficient (Wildman–Crippen LogP) is 4.58. The number of fused-ring (bicyclic) bond motifs is 1. The number of morpholine rings is 1. The lowest BCUT2D eigenvalue weighted by Gasteiger charge is -2.29. The van der Waals surface area contributed by atoms with Gasteiger partial charge in [-0.3, -0.25) is 0 Å². The van der Waals surface area contributed by atoms with E-state index in [-0.39, 0.29) is 40.6 Å². The van der Waals surface area contributed by atoms with Gasteiger partial charge in [-0.15, -0.1) is 12.4 Å². The van der Waals surface area contributed by atoms with Gasteiger partial charge in [-0.25, -0.2) is 22.2 Å². The van der Waals surface area contributed by atoms with Crippen LogP contribution in [0.25, 0.3) is 0 Å². The average Bonchev–Trinajstić information content (AvgIpc) is 2.81. The SMILES string of the molecule is Cc1cc(F)ccc1Oc1nc(Nc2ccc(N3CCOCC3)c(F)c2)nc2c1S(=O)(=O)CCC2.Cl. The number of aryl methyl sites for hydroxylation is 2. The smallest absolute Gasteiger partial charge is 0.243 e. The third-order valence-corrected chi connectivity index (χ3v) is 7.80. The number of halogens is 3. The number of aromatic nitrogens is 2. The molecule has 3 heterocycles.